The monoisotopic (exact) mass is 377 g/mol. The van der Waals surface area contributed by atoms with Gasteiger partial charge in [-0.15, -0.1) is 0 Å². The molecule has 6 heteroatoms. The molecule has 0 unspecified atom stereocenters. The number of hydrogen-bond donors (Lipinski definition) is 1. The van der Waals surface area contributed by atoms with Gasteiger partial charge in [-0.2, -0.15) is 0 Å². The van der Waals surface area contributed by atoms with Crippen molar-refractivity contribution in [2.45, 2.75) is 32.0 Å². The van der Waals surface area contributed by atoms with Crippen LogP contribution >= 0.6 is 0 Å². The molecule has 0 spiro atoms. The zero-order chi connectivity index (χ0) is 19.1. The fourth-order valence-electron chi connectivity index (χ4n) is 4.73. The lowest BCUT2D eigenvalue weighted by Gasteiger charge is -2.42. The van der Waals surface area contributed by atoms with E-state index in [9.17, 15) is 9.90 Å². The van der Waals surface area contributed by atoms with Gasteiger partial charge in [-0.05, 0) is 42.7 Å². The number of fused-ring (bicyclic) bond motifs is 4. The number of nitrogens with zero attached hydrogens (tertiary/aromatic N) is 3. The van der Waals surface area contributed by atoms with Crippen LogP contribution in [-0.4, -0.2) is 32.6 Å². The van der Waals surface area contributed by atoms with E-state index in [0.717, 1.165) is 55.2 Å². The zero-order valence-corrected chi connectivity index (χ0v) is 15.6. The second-order valence-corrected chi connectivity index (χ2v) is 7.85. The lowest BCUT2D eigenvalue weighted by atomic mass is 9.82. The van der Waals surface area contributed by atoms with Crippen molar-refractivity contribution in [3.63, 3.8) is 0 Å². The molecule has 0 saturated carbocycles. The Morgan fingerprint density at radius 3 is 2.79 bits per heavy atom. The summed E-state index contributed by atoms with van der Waals surface area (Å²) < 4.78 is 7.64. The first-order chi connectivity index (χ1) is 13.7. The van der Waals surface area contributed by atoms with Crippen molar-refractivity contribution in [1.29, 1.82) is 0 Å². The summed E-state index contributed by atoms with van der Waals surface area (Å²) >= 11 is 0. The summed E-state index contributed by atoms with van der Waals surface area (Å²) in [5, 5.41) is 9.18. The number of likely N-dealkylation sites (tertiary alicyclic amines) is 1. The minimum Gasteiger partial charge on any atom is -0.462 e. The Bertz CT molecular complexity index is 1040. The molecule has 1 saturated heterocycles. The molecule has 2 aliphatic heterocycles. The predicted molar refractivity (Wildman–Crippen MR) is 105 cm³/mol. The predicted octanol–water partition coefficient (Wildman–Crippen LogP) is 2.61. The molecule has 28 heavy (non-hydrogen) atoms. The first-order valence-electron chi connectivity index (χ1n) is 9.76. The number of furan rings is 1. The van der Waals surface area contributed by atoms with Gasteiger partial charge in [-0.25, -0.2) is 0 Å². The molecule has 0 radical (unpaired) electrons. The summed E-state index contributed by atoms with van der Waals surface area (Å²) in [6, 6.07) is 11.6. The molecule has 3 aromatic rings. The SMILES string of the molecule is O=c1c(-c2cccnc2)ccc2n1C[C@@H]1C[C@@H]2CN(Cc2ccc(CO)o2)C1. The molecule has 144 valence electrons. The Morgan fingerprint density at radius 1 is 1.11 bits per heavy atom. The van der Waals surface area contributed by atoms with Gasteiger partial charge in [0.15, 0.2) is 0 Å². The van der Waals surface area contributed by atoms with Crippen molar-refractivity contribution >= 4 is 0 Å². The van der Waals surface area contributed by atoms with E-state index in [2.05, 4.69) is 16.0 Å². The van der Waals surface area contributed by atoms with Crippen molar-refractivity contribution < 1.29 is 9.52 Å². The molecule has 0 aliphatic carbocycles. The molecule has 0 aromatic carbocycles. The van der Waals surface area contributed by atoms with E-state index in [4.69, 9.17) is 4.42 Å². The molecule has 1 fully saturated rings. The summed E-state index contributed by atoms with van der Waals surface area (Å²) in [6.45, 7) is 3.30. The minimum atomic E-state index is -0.0686. The fraction of sp³-hybridized carbons (Fsp3) is 0.364. The van der Waals surface area contributed by atoms with Crippen LogP contribution in [0.3, 0.4) is 0 Å². The Morgan fingerprint density at radius 2 is 2.00 bits per heavy atom. The number of aliphatic hydroxyl groups is 1. The maximum atomic E-state index is 13.1. The first kappa shape index (κ1) is 17.4. The summed E-state index contributed by atoms with van der Waals surface area (Å²) in [4.78, 5) is 19.7. The maximum Gasteiger partial charge on any atom is 0.258 e. The molecule has 6 nitrogen and oxygen atoms in total. The van der Waals surface area contributed by atoms with Crippen molar-refractivity contribution in [3.8, 4) is 11.1 Å². The minimum absolute atomic E-state index is 0.0686. The molecule has 0 amide bonds. The number of aromatic nitrogens is 2. The molecule has 3 aromatic heterocycles. The fourth-order valence-corrected chi connectivity index (χ4v) is 4.73. The number of pyridine rings is 2. The van der Waals surface area contributed by atoms with E-state index in [1.54, 1.807) is 12.4 Å². The zero-order valence-electron chi connectivity index (χ0n) is 15.6. The van der Waals surface area contributed by atoms with E-state index >= 15 is 0 Å². The number of rotatable bonds is 4. The van der Waals surface area contributed by atoms with Gasteiger partial charge in [0.2, 0.25) is 0 Å². The van der Waals surface area contributed by atoms with Gasteiger partial charge in [0.1, 0.15) is 18.1 Å². The molecule has 1 N–H and O–H groups in total. The van der Waals surface area contributed by atoms with Crippen LogP contribution in [0.25, 0.3) is 11.1 Å². The Kier molecular flexibility index (Phi) is 4.37. The topological polar surface area (TPSA) is 71.5 Å². The summed E-state index contributed by atoms with van der Waals surface area (Å²) in [7, 11) is 0. The van der Waals surface area contributed by atoms with Gasteiger partial charge >= 0.3 is 0 Å². The van der Waals surface area contributed by atoms with E-state index in [-0.39, 0.29) is 12.2 Å². The van der Waals surface area contributed by atoms with Crippen molar-refractivity contribution in [2.24, 2.45) is 5.92 Å². The average molecular weight is 377 g/mol. The van der Waals surface area contributed by atoms with Crippen LogP contribution < -0.4 is 5.56 Å². The first-order valence-corrected chi connectivity index (χ1v) is 9.76. The smallest absolute Gasteiger partial charge is 0.258 e. The summed E-state index contributed by atoms with van der Waals surface area (Å²) in [5.74, 6) is 2.30. The largest absolute Gasteiger partial charge is 0.462 e. The van der Waals surface area contributed by atoms with E-state index in [1.165, 1.54) is 0 Å². The Hall–Kier alpha value is -2.70. The molecular formula is C22H23N3O3. The highest BCUT2D eigenvalue weighted by atomic mass is 16.4. The second-order valence-electron chi connectivity index (χ2n) is 7.85. The summed E-state index contributed by atoms with van der Waals surface area (Å²) in [6.07, 6.45) is 4.60. The third-order valence-electron chi connectivity index (χ3n) is 5.91. The van der Waals surface area contributed by atoms with Gasteiger partial charge in [-0.3, -0.25) is 14.7 Å². The molecule has 2 bridgehead atoms. The number of aliphatic hydroxyl groups excluding tert-OH is 1. The molecule has 2 atom stereocenters. The number of hydrogen-bond acceptors (Lipinski definition) is 5. The molecule has 5 rings (SSSR count). The van der Waals surface area contributed by atoms with Gasteiger partial charge in [0, 0.05) is 54.8 Å². The Labute approximate surface area is 163 Å². The highest BCUT2D eigenvalue weighted by Gasteiger charge is 2.35. The van der Waals surface area contributed by atoms with Gasteiger partial charge in [-0.1, -0.05) is 6.07 Å². The summed E-state index contributed by atoms with van der Waals surface area (Å²) in [5.41, 5.74) is 2.82. The van der Waals surface area contributed by atoms with Crippen LogP contribution in [0.15, 0.2) is 58.0 Å². The van der Waals surface area contributed by atoms with Crippen molar-refractivity contribution in [2.75, 3.05) is 13.1 Å². The Balaban J connectivity index is 1.41. The van der Waals surface area contributed by atoms with E-state index in [1.807, 2.05) is 34.9 Å². The van der Waals surface area contributed by atoms with Gasteiger partial charge in [0.25, 0.3) is 5.56 Å². The quantitative estimate of drug-likeness (QED) is 0.757. The van der Waals surface area contributed by atoms with E-state index in [0.29, 0.717) is 17.6 Å². The van der Waals surface area contributed by atoms with Gasteiger partial charge in [0.05, 0.1) is 6.54 Å². The van der Waals surface area contributed by atoms with Gasteiger partial charge < -0.3 is 14.1 Å². The van der Waals surface area contributed by atoms with Crippen molar-refractivity contribution in [3.05, 3.63) is 76.4 Å². The lowest BCUT2D eigenvalue weighted by Crippen LogP contribution is -2.46. The van der Waals surface area contributed by atoms with E-state index < -0.39 is 0 Å². The highest BCUT2D eigenvalue weighted by Crippen LogP contribution is 2.36. The van der Waals surface area contributed by atoms with Crippen LogP contribution in [0.4, 0.5) is 0 Å². The maximum absolute atomic E-state index is 13.1. The van der Waals surface area contributed by atoms with Crippen molar-refractivity contribution in [1.82, 2.24) is 14.5 Å². The molecule has 5 heterocycles. The van der Waals surface area contributed by atoms with Crippen LogP contribution in [0.5, 0.6) is 0 Å². The number of piperidine rings is 1. The third kappa shape index (κ3) is 3.08. The van der Waals surface area contributed by atoms with Crippen LogP contribution in [0, 0.1) is 5.92 Å². The third-order valence-corrected chi connectivity index (χ3v) is 5.91. The molecule has 2 aliphatic rings. The van der Waals surface area contributed by atoms with Crippen LogP contribution in [0.2, 0.25) is 0 Å². The standard InChI is InChI=1S/C22H23N3O3/c26-14-19-4-3-18(28-19)13-24-10-15-8-17(12-24)21-6-5-20(22(27)25(21)11-15)16-2-1-7-23-9-16/h1-7,9,15,17,26H,8,10-14H2/t15-,17-/m1/s1. The lowest BCUT2D eigenvalue weighted by molar-refractivity contribution is 0.106. The van der Waals surface area contributed by atoms with Crippen LogP contribution in [-0.2, 0) is 19.7 Å². The normalized spacial score (nSPS) is 21.5. The second kappa shape index (κ2) is 7.04. The molecular weight excluding hydrogens is 354 g/mol. The van der Waals surface area contributed by atoms with Crippen LogP contribution in [0.1, 0.15) is 29.6 Å². The highest BCUT2D eigenvalue weighted by molar-refractivity contribution is 5.61. The average Bonchev–Trinajstić information content (AvgIpc) is 3.17.